The highest BCUT2D eigenvalue weighted by Gasteiger charge is 2.34. The summed E-state index contributed by atoms with van der Waals surface area (Å²) in [6.07, 6.45) is 5.38. The summed E-state index contributed by atoms with van der Waals surface area (Å²) in [4.78, 5) is 11.1. The van der Waals surface area contributed by atoms with Crippen LogP contribution < -0.4 is 0 Å². The monoisotopic (exact) mass is 209 g/mol. The standard InChI is InChI=1S/C10H15N3O2/c1-13-6-11-12-9(13)7-4-2-3-5-8(7)10(14)15/h6-8H,2-5H2,1H3,(H,14,15). The number of carboxylic acids is 1. The third-order valence-electron chi connectivity index (χ3n) is 3.16. The van der Waals surface area contributed by atoms with Gasteiger partial charge in [-0.3, -0.25) is 4.79 Å². The van der Waals surface area contributed by atoms with Crippen molar-refractivity contribution in [1.82, 2.24) is 14.8 Å². The zero-order valence-electron chi connectivity index (χ0n) is 8.76. The summed E-state index contributed by atoms with van der Waals surface area (Å²) in [5, 5.41) is 17.0. The molecule has 1 heterocycles. The lowest BCUT2D eigenvalue weighted by molar-refractivity contribution is -0.143. The number of hydrogen-bond acceptors (Lipinski definition) is 3. The molecule has 0 amide bonds. The molecule has 0 radical (unpaired) electrons. The van der Waals surface area contributed by atoms with Crippen molar-refractivity contribution in [2.45, 2.75) is 31.6 Å². The lowest BCUT2D eigenvalue weighted by Crippen LogP contribution is -2.27. The van der Waals surface area contributed by atoms with Gasteiger partial charge in [0, 0.05) is 13.0 Å². The molecule has 82 valence electrons. The number of aryl methyl sites for hydroxylation is 1. The van der Waals surface area contributed by atoms with Gasteiger partial charge in [-0.15, -0.1) is 10.2 Å². The SMILES string of the molecule is Cn1cnnc1C1CCCCC1C(=O)O. The van der Waals surface area contributed by atoms with E-state index in [1.165, 1.54) is 0 Å². The van der Waals surface area contributed by atoms with Crippen LogP contribution in [0.2, 0.25) is 0 Å². The minimum absolute atomic E-state index is 0.0312. The molecule has 2 atom stereocenters. The van der Waals surface area contributed by atoms with Crippen LogP contribution in [0.15, 0.2) is 6.33 Å². The van der Waals surface area contributed by atoms with Gasteiger partial charge in [-0.05, 0) is 12.8 Å². The summed E-state index contributed by atoms with van der Waals surface area (Å²) in [5.74, 6) is -0.157. The van der Waals surface area contributed by atoms with Crippen molar-refractivity contribution < 1.29 is 9.90 Å². The smallest absolute Gasteiger partial charge is 0.307 e. The van der Waals surface area contributed by atoms with Crippen LogP contribution in [0.25, 0.3) is 0 Å². The van der Waals surface area contributed by atoms with Crippen LogP contribution in [-0.4, -0.2) is 25.8 Å². The minimum atomic E-state index is -0.706. The summed E-state index contributed by atoms with van der Waals surface area (Å²) in [7, 11) is 1.86. The molecule has 1 N–H and O–H groups in total. The number of aliphatic carboxylic acids is 1. The van der Waals surface area contributed by atoms with Crippen LogP contribution in [0.4, 0.5) is 0 Å². The maximum atomic E-state index is 11.1. The second-order valence-corrected chi connectivity index (χ2v) is 4.14. The summed E-state index contributed by atoms with van der Waals surface area (Å²) < 4.78 is 1.83. The topological polar surface area (TPSA) is 68.0 Å². The van der Waals surface area contributed by atoms with Crippen LogP contribution in [0.5, 0.6) is 0 Å². The van der Waals surface area contributed by atoms with Gasteiger partial charge in [-0.25, -0.2) is 0 Å². The van der Waals surface area contributed by atoms with E-state index in [1.54, 1.807) is 6.33 Å². The number of carboxylic acid groups (broad SMARTS) is 1. The van der Waals surface area contributed by atoms with Gasteiger partial charge in [0.2, 0.25) is 0 Å². The molecule has 1 fully saturated rings. The molecular formula is C10H15N3O2. The Kier molecular flexibility index (Phi) is 2.70. The molecule has 1 aromatic rings. The molecule has 0 saturated heterocycles. The molecule has 0 aromatic carbocycles. The van der Waals surface area contributed by atoms with E-state index in [4.69, 9.17) is 5.11 Å². The Morgan fingerprint density at radius 2 is 2.27 bits per heavy atom. The fourth-order valence-electron chi connectivity index (χ4n) is 2.36. The molecule has 5 heteroatoms. The van der Waals surface area contributed by atoms with Crippen LogP contribution in [-0.2, 0) is 11.8 Å². The van der Waals surface area contributed by atoms with E-state index in [0.29, 0.717) is 0 Å². The van der Waals surface area contributed by atoms with Crippen LogP contribution in [0.3, 0.4) is 0 Å². The van der Waals surface area contributed by atoms with E-state index in [0.717, 1.165) is 31.5 Å². The molecule has 0 aliphatic heterocycles. The lowest BCUT2D eigenvalue weighted by atomic mass is 9.79. The van der Waals surface area contributed by atoms with Gasteiger partial charge in [0.25, 0.3) is 0 Å². The first-order valence-corrected chi connectivity index (χ1v) is 5.27. The second-order valence-electron chi connectivity index (χ2n) is 4.14. The van der Waals surface area contributed by atoms with Gasteiger partial charge in [-0.1, -0.05) is 12.8 Å². The van der Waals surface area contributed by atoms with Gasteiger partial charge >= 0.3 is 5.97 Å². The first-order valence-electron chi connectivity index (χ1n) is 5.27. The molecule has 1 saturated carbocycles. The fraction of sp³-hybridized carbons (Fsp3) is 0.700. The highest BCUT2D eigenvalue weighted by molar-refractivity contribution is 5.71. The third-order valence-corrected chi connectivity index (χ3v) is 3.16. The highest BCUT2D eigenvalue weighted by Crippen LogP contribution is 2.36. The molecule has 1 aromatic heterocycles. The van der Waals surface area contributed by atoms with Crippen molar-refractivity contribution in [2.75, 3.05) is 0 Å². The maximum absolute atomic E-state index is 11.1. The Balaban J connectivity index is 2.25. The molecular weight excluding hydrogens is 194 g/mol. The number of rotatable bonds is 2. The Morgan fingerprint density at radius 1 is 1.53 bits per heavy atom. The Morgan fingerprint density at radius 3 is 2.87 bits per heavy atom. The first-order chi connectivity index (χ1) is 7.20. The van der Waals surface area contributed by atoms with Gasteiger partial charge in [-0.2, -0.15) is 0 Å². The molecule has 2 rings (SSSR count). The number of aromatic nitrogens is 3. The van der Waals surface area contributed by atoms with Crippen molar-refractivity contribution in [3.63, 3.8) is 0 Å². The normalized spacial score (nSPS) is 26.5. The Hall–Kier alpha value is -1.39. The predicted octanol–water partition coefficient (Wildman–Crippen LogP) is 1.17. The Labute approximate surface area is 88.1 Å². The van der Waals surface area contributed by atoms with Crippen molar-refractivity contribution >= 4 is 5.97 Å². The highest BCUT2D eigenvalue weighted by atomic mass is 16.4. The van der Waals surface area contributed by atoms with Gasteiger partial charge in [0.1, 0.15) is 12.2 Å². The van der Waals surface area contributed by atoms with Gasteiger partial charge in [0.05, 0.1) is 5.92 Å². The van der Waals surface area contributed by atoms with Crippen LogP contribution in [0, 0.1) is 5.92 Å². The van der Waals surface area contributed by atoms with Gasteiger partial charge < -0.3 is 9.67 Å². The van der Waals surface area contributed by atoms with Crippen molar-refractivity contribution in [3.8, 4) is 0 Å². The summed E-state index contributed by atoms with van der Waals surface area (Å²) in [6.45, 7) is 0. The van der Waals surface area contributed by atoms with E-state index in [9.17, 15) is 4.79 Å². The van der Waals surface area contributed by atoms with E-state index < -0.39 is 5.97 Å². The summed E-state index contributed by atoms with van der Waals surface area (Å²) in [6, 6.07) is 0. The average Bonchev–Trinajstić information content (AvgIpc) is 2.64. The molecule has 0 spiro atoms. The third kappa shape index (κ3) is 1.86. The van der Waals surface area contributed by atoms with Crippen molar-refractivity contribution in [1.29, 1.82) is 0 Å². The molecule has 15 heavy (non-hydrogen) atoms. The zero-order chi connectivity index (χ0) is 10.8. The van der Waals surface area contributed by atoms with E-state index in [1.807, 2.05) is 11.6 Å². The van der Waals surface area contributed by atoms with Crippen molar-refractivity contribution in [3.05, 3.63) is 12.2 Å². The molecule has 5 nitrogen and oxygen atoms in total. The molecule has 1 aliphatic carbocycles. The zero-order valence-corrected chi connectivity index (χ0v) is 8.76. The predicted molar refractivity (Wildman–Crippen MR) is 53.3 cm³/mol. The van der Waals surface area contributed by atoms with E-state index in [-0.39, 0.29) is 11.8 Å². The maximum Gasteiger partial charge on any atom is 0.307 e. The summed E-state index contributed by atoms with van der Waals surface area (Å²) in [5.41, 5.74) is 0. The quantitative estimate of drug-likeness (QED) is 0.794. The number of hydrogen-bond donors (Lipinski definition) is 1. The Bertz CT molecular complexity index is 361. The second kappa shape index (κ2) is 4.00. The number of nitrogens with zero attached hydrogens (tertiary/aromatic N) is 3. The van der Waals surface area contributed by atoms with Crippen molar-refractivity contribution in [2.24, 2.45) is 13.0 Å². The first kappa shape index (κ1) is 10.1. The summed E-state index contributed by atoms with van der Waals surface area (Å²) >= 11 is 0. The van der Waals surface area contributed by atoms with Crippen LogP contribution in [0.1, 0.15) is 37.4 Å². The molecule has 1 aliphatic rings. The minimum Gasteiger partial charge on any atom is -0.481 e. The average molecular weight is 209 g/mol. The number of carbonyl (C=O) groups is 1. The van der Waals surface area contributed by atoms with Crippen LogP contribution >= 0.6 is 0 Å². The molecule has 0 bridgehead atoms. The fourth-order valence-corrected chi connectivity index (χ4v) is 2.36. The van der Waals surface area contributed by atoms with E-state index in [2.05, 4.69) is 10.2 Å². The molecule has 2 unspecified atom stereocenters. The van der Waals surface area contributed by atoms with Gasteiger partial charge in [0.15, 0.2) is 0 Å². The largest absolute Gasteiger partial charge is 0.481 e. The lowest BCUT2D eigenvalue weighted by Gasteiger charge is -2.27. The van der Waals surface area contributed by atoms with E-state index >= 15 is 0 Å².